The van der Waals surface area contributed by atoms with Crippen molar-refractivity contribution < 1.29 is 9.59 Å². The highest BCUT2D eigenvalue weighted by Gasteiger charge is 2.39. The van der Waals surface area contributed by atoms with Gasteiger partial charge in [0, 0.05) is 98.9 Å². The minimum Gasteiger partial charge on any atom is -0.309 e. The van der Waals surface area contributed by atoms with Crippen LogP contribution in [0.15, 0.2) is 376 Å². The Hall–Kier alpha value is -14.7. The van der Waals surface area contributed by atoms with Crippen molar-refractivity contribution >= 4 is 98.8 Å². The number of hydrogen-bond donors (Lipinski definition) is 0. The van der Waals surface area contributed by atoms with Crippen LogP contribution in [0.4, 0.5) is 0 Å². The highest BCUT2D eigenvalue weighted by atomic mass is 16.1. The SMILES string of the molecule is CC1(C)c2ccccc2C(=O)c2cc(-c3cccc(-c4cc(-c5cccc(-n6c7ccccc7c7cc(-n8c9ccccc9c9ccccc98)ccc76)c5)c(-c5cccc(-c6ccc7c(c6)C(=O)c6ccccc6C7(C)C)c5)cc4-c4cccc(-n5c6ccccc6c6cc(-n7c8ccccc8c8ccccc87)ccc65)c4)c3)ccc21. The third-order valence-corrected chi connectivity index (χ3v) is 25.6. The highest BCUT2D eigenvalue weighted by molar-refractivity contribution is 6.17. The Kier molecular flexibility index (Phi) is 14.7. The lowest BCUT2D eigenvalue weighted by Gasteiger charge is -2.34. The molecule has 6 nitrogen and oxygen atoms in total. The van der Waals surface area contributed by atoms with Gasteiger partial charge in [0.1, 0.15) is 0 Å². The van der Waals surface area contributed by atoms with Gasteiger partial charge in [-0.05, 0) is 222 Å². The van der Waals surface area contributed by atoms with Gasteiger partial charge in [0.2, 0.25) is 0 Å². The molecule has 0 saturated heterocycles. The third-order valence-electron chi connectivity index (χ3n) is 25.6. The van der Waals surface area contributed by atoms with Crippen molar-refractivity contribution in [1.29, 1.82) is 0 Å². The van der Waals surface area contributed by atoms with E-state index in [2.05, 4.69) is 386 Å². The smallest absolute Gasteiger partial charge is 0.193 e. The number of rotatable bonds is 10. The number of ketones is 2. The van der Waals surface area contributed by atoms with E-state index in [0.29, 0.717) is 0 Å². The summed E-state index contributed by atoms with van der Waals surface area (Å²) in [5.41, 5.74) is 32.0. The first kappa shape index (κ1) is 67.0. The summed E-state index contributed by atoms with van der Waals surface area (Å²) < 4.78 is 9.70. The van der Waals surface area contributed by atoms with Gasteiger partial charge in [-0.15, -0.1) is 0 Å². The fourth-order valence-electron chi connectivity index (χ4n) is 20.0. The minimum absolute atomic E-state index is 0.0494. The molecule has 0 saturated carbocycles. The van der Waals surface area contributed by atoms with E-state index in [1.54, 1.807) is 0 Å². The molecule has 6 heteroatoms. The zero-order valence-electron chi connectivity index (χ0n) is 64.4. The number of carbonyl (C=O) groups excluding carboxylic acids is 2. The van der Waals surface area contributed by atoms with Gasteiger partial charge in [0.25, 0.3) is 0 Å². The number of nitrogens with zero attached hydrogens (tertiary/aromatic N) is 4. The Morgan fingerprint density at radius 3 is 0.784 bits per heavy atom. The highest BCUT2D eigenvalue weighted by Crippen LogP contribution is 2.50. The van der Waals surface area contributed by atoms with Gasteiger partial charge in [0.05, 0.1) is 44.1 Å². The molecule has 0 spiro atoms. The fraction of sp³-hybridized carbons (Fsp3) is 0.0545. The van der Waals surface area contributed by atoms with E-state index in [0.717, 1.165) is 167 Å². The molecule has 0 atom stereocenters. The molecule has 0 bridgehead atoms. The van der Waals surface area contributed by atoms with E-state index >= 15 is 0 Å². The molecule has 0 amide bonds. The summed E-state index contributed by atoms with van der Waals surface area (Å²) in [5, 5.41) is 9.57. The van der Waals surface area contributed by atoms with Crippen LogP contribution < -0.4 is 0 Å². The van der Waals surface area contributed by atoms with E-state index in [9.17, 15) is 9.59 Å². The van der Waals surface area contributed by atoms with Gasteiger partial charge in [-0.2, -0.15) is 0 Å². The number of fused-ring (bicyclic) bond motifs is 16. The molecular weight excluding hydrogens is 1410 g/mol. The zero-order chi connectivity index (χ0) is 77.4. The summed E-state index contributed by atoms with van der Waals surface area (Å²) in [6.45, 7) is 8.92. The first-order valence-corrected chi connectivity index (χ1v) is 40.1. The maximum Gasteiger partial charge on any atom is 0.193 e. The second-order valence-electron chi connectivity index (χ2n) is 32.6. The molecule has 17 aromatic carbocycles. The molecular formula is C110H74N4O2. The molecule has 23 rings (SSSR count). The molecule has 116 heavy (non-hydrogen) atoms. The van der Waals surface area contributed by atoms with Gasteiger partial charge < -0.3 is 18.3 Å². The van der Waals surface area contributed by atoms with Crippen LogP contribution in [0.3, 0.4) is 0 Å². The summed E-state index contributed by atoms with van der Waals surface area (Å²) in [7, 11) is 0. The van der Waals surface area contributed by atoms with Gasteiger partial charge in [-0.1, -0.05) is 270 Å². The first-order chi connectivity index (χ1) is 56.9. The number of hydrogen-bond acceptors (Lipinski definition) is 2. The summed E-state index contributed by atoms with van der Waals surface area (Å²) >= 11 is 0. The van der Waals surface area contributed by atoms with Crippen LogP contribution in [-0.2, 0) is 10.8 Å². The van der Waals surface area contributed by atoms with E-state index in [1.807, 2.05) is 36.4 Å². The first-order valence-electron chi connectivity index (χ1n) is 40.1. The molecule has 4 heterocycles. The molecule has 0 unspecified atom stereocenters. The van der Waals surface area contributed by atoms with Crippen LogP contribution in [0.2, 0.25) is 0 Å². The van der Waals surface area contributed by atoms with E-state index in [4.69, 9.17) is 0 Å². The van der Waals surface area contributed by atoms with Gasteiger partial charge in [0.15, 0.2) is 11.6 Å². The van der Waals surface area contributed by atoms with Crippen LogP contribution in [-0.4, -0.2) is 29.8 Å². The van der Waals surface area contributed by atoms with Crippen LogP contribution in [0, 0.1) is 0 Å². The largest absolute Gasteiger partial charge is 0.309 e. The van der Waals surface area contributed by atoms with Crippen LogP contribution in [0.5, 0.6) is 0 Å². The van der Waals surface area contributed by atoms with Crippen LogP contribution in [0.1, 0.15) is 81.8 Å². The molecule has 2 aliphatic carbocycles. The van der Waals surface area contributed by atoms with Crippen LogP contribution >= 0.6 is 0 Å². The van der Waals surface area contributed by atoms with E-state index < -0.39 is 0 Å². The fourth-order valence-corrected chi connectivity index (χ4v) is 20.0. The van der Waals surface area contributed by atoms with Crippen molar-refractivity contribution in [3.8, 4) is 89.5 Å². The average Bonchev–Trinajstić information content (AvgIpc) is 0.921. The summed E-state index contributed by atoms with van der Waals surface area (Å²) in [6.07, 6.45) is 0. The lowest BCUT2D eigenvalue weighted by atomic mass is 9.68. The molecule has 0 N–H and O–H groups in total. The minimum atomic E-state index is -0.378. The second-order valence-corrected chi connectivity index (χ2v) is 32.6. The predicted molar refractivity (Wildman–Crippen MR) is 480 cm³/mol. The summed E-state index contributed by atoms with van der Waals surface area (Å²) in [4.78, 5) is 29.6. The van der Waals surface area contributed by atoms with Crippen molar-refractivity contribution in [2.24, 2.45) is 0 Å². The normalized spacial score (nSPS) is 13.5. The molecule has 0 radical (unpaired) electrons. The summed E-state index contributed by atoms with van der Waals surface area (Å²) in [6, 6.07) is 137. The number of carbonyl (C=O) groups is 2. The summed E-state index contributed by atoms with van der Waals surface area (Å²) in [5.74, 6) is 0.0988. The average molecular weight is 1480 g/mol. The third kappa shape index (κ3) is 10.0. The van der Waals surface area contributed by atoms with Crippen molar-refractivity contribution in [3.05, 3.63) is 421 Å². The quantitative estimate of drug-likeness (QED) is 0.137. The molecule has 0 aliphatic heterocycles. The van der Waals surface area contributed by atoms with Crippen molar-refractivity contribution in [3.63, 3.8) is 0 Å². The van der Waals surface area contributed by atoms with Crippen molar-refractivity contribution in [2.45, 2.75) is 38.5 Å². The lowest BCUT2D eigenvalue weighted by molar-refractivity contribution is 0.102. The van der Waals surface area contributed by atoms with Gasteiger partial charge >= 0.3 is 0 Å². The van der Waals surface area contributed by atoms with Gasteiger partial charge in [-0.3, -0.25) is 9.59 Å². The van der Waals surface area contributed by atoms with E-state index in [1.165, 1.54) is 54.4 Å². The molecule has 0 fully saturated rings. The maximum absolute atomic E-state index is 14.8. The Morgan fingerprint density at radius 1 is 0.172 bits per heavy atom. The zero-order valence-corrected chi connectivity index (χ0v) is 64.4. The number of benzene rings is 17. The number of aromatic nitrogens is 4. The molecule has 21 aromatic rings. The standard InChI is InChI=1S/C110H74N4O2/c1-109(2)95-41-13-5-39-85(95)107(115)93-61-69(49-53-97(93)109)67-25-21-27-71(57-67)87-65-90(74-30-24-32-76(60-74)112-104-48-20-12-38-84(104)92-64-78(52-56-106(92)112)114-101-45-17-9-35-81(101)82-36-10-18-46-102(82)114)88(72-28-22-26-68(58-72)70-50-54-98-94(62-70)108(116)86-40-6-14-42-96(86)110(98,3)4)66-89(87)73-29-23-31-75(59-73)111-103-47-19-11-37-83(103)91-63-77(51-55-105(91)111)113-99-43-15-7-33-79(99)80-34-8-16-44-100(80)113/h5-66H,1-4H3. The molecule has 4 aromatic heterocycles. The Bertz CT molecular complexity index is 7270. The second kappa shape index (κ2) is 25.4. The van der Waals surface area contributed by atoms with Gasteiger partial charge in [-0.25, -0.2) is 0 Å². The monoisotopic (exact) mass is 1480 g/mol. The Balaban J connectivity index is 0.745. The Labute approximate surface area is 670 Å². The van der Waals surface area contributed by atoms with E-state index in [-0.39, 0.29) is 22.4 Å². The topological polar surface area (TPSA) is 53.9 Å². The number of para-hydroxylation sites is 6. The van der Waals surface area contributed by atoms with Crippen molar-refractivity contribution in [1.82, 2.24) is 18.3 Å². The molecule has 2 aliphatic rings. The maximum atomic E-state index is 14.8. The van der Waals surface area contributed by atoms with Crippen molar-refractivity contribution in [2.75, 3.05) is 0 Å². The van der Waals surface area contributed by atoms with Crippen LogP contribution in [0.25, 0.3) is 177 Å². The predicted octanol–water partition coefficient (Wildman–Crippen LogP) is 27.8. The molecule has 546 valence electrons. The Morgan fingerprint density at radius 2 is 0.431 bits per heavy atom. The lowest BCUT2D eigenvalue weighted by Crippen LogP contribution is -2.30.